The second kappa shape index (κ2) is 2.75. The standard InChI is InChI=1S/C5H6ClN3/c6-5(7)4-1-8-3-9-2-4/h1-3,5H,7H2. The van der Waals surface area contributed by atoms with Crippen LogP contribution in [0.4, 0.5) is 0 Å². The first-order valence-electron chi connectivity index (χ1n) is 2.45. The molecule has 1 aromatic rings. The lowest BCUT2D eigenvalue weighted by molar-refractivity contribution is 0.971. The Hall–Kier alpha value is -0.670. The fourth-order valence-electron chi connectivity index (χ4n) is 0.453. The Morgan fingerprint density at radius 1 is 1.44 bits per heavy atom. The molecule has 0 spiro atoms. The number of halogens is 1. The fourth-order valence-corrected chi connectivity index (χ4v) is 0.566. The lowest BCUT2D eigenvalue weighted by Gasteiger charge is -1.98. The quantitative estimate of drug-likeness (QED) is 0.465. The van der Waals surface area contributed by atoms with E-state index in [0.29, 0.717) is 0 Å². The van der Waals surface area contributed by atoms with Crippen LogP contribution in [-0.2, 0) is 0 Å². The summed E-state index contributed by atoms with van der Waals surface area (Å²) in [5.74, 6) is 0. The molecule has 1 heterocycles. The maximum atomic E-state index is 5.50. The van der Waals surface area contributed by atoms with E-state index >= 15 is 0 Å². The zero-order chi connectivity index (χ0) is 6.69. The monoisotopic (exact) mass is 143 g/mol. The van der Waals surface area contributed by atoms with Crippen molar-refractivity contribution in [2.45, 2.75) is 5.50 Å². The smallest absolute Gasteiger partial charge is 0.115 e. The molecule has 0 amide bonds. The van der Waals surface area contributed by atoms with Gasteiger partial charge in [-0.25, -0.2) is 9.97 Å². The van der Waals surface area contributed by atoms with Gasteiger partial charge in [0.25, 0.3) is 0 Å². The van der Waals surface area contributed by atoms with E-state index in [0.717, 1.165) is 5.56 Å². The van der Waals surface area contributed by atoms with Crippen molar-refractivity contribution in [2.75, 3.05) is 0 Å². The predicted molar refractivity (Wildman–Crippen MR) is 34.8 cm³/mol. The number of nitrogens with two attached hydrogens (primary N) is 1. The van der Waals surface area contributed by atoms with Crippen LogP contribution in [0.3, 0.4) is 0 Å². The van der Waals surface area contributed by atoms with Gasteiger partial charge in [-0.15, -0.1) is 11.6 Å². The highest BCUT2D eigenvalue weighted by molar-refractivity contribution is 6.20. The van der Waals surface area contributed by atoms with Gasteiger partial charge in [0.05, 0.1) is 0 Å². The molecule has 0 radical (unpaired) electrons. The Morgan fingerprint density at radius 2 is 2.00 bits per heavy atom. The fraction of sp³-hybridized carbons (Fsp3) is 0.200. The van der Waals surface area contributed by atoms with Crippen molar-refractivity contribution in [3.05, 3.63) is 24.3 Å². The van der Waals surface area contributed by atoms with Crippen LogP contribution in [0.15, 0.2) is 18.7 Å². The molecule has 1 aromatic heterocycles. The normalized spacial score (nSPS) is 13.1. The minimum atomic E-state index is -0.494. The lowest BCUT2D eigenvalue weighted by atomic mass is 10.3. The number of aromatic nitrogens is 2. The van der Waals surface area contributed by atoms with Gasteiger partial charge in [0.1, 0.15) is 11.8 Å². The highest BCUT2D eigenvalue weighted by Crippen LogP contribution is 2.09. The molecular formula is C5H6ClN3. The molecular weight excluding hydrogens is 138 g/mol. The molecule has 9 heavy (non-hydrogen) atoms. The number of rotatable bonds is 1. The van der Waals surface area contributed by atoms with Gasteiger partial charge in [0.15, 0.2) is 0 Å². The average molecular weight is 144 g/mol. The summed E-state index contributed by atoms with van der Waals surface area (Å²) in [5.41, 5.74) is 5.54. The van der Waals surface area contributed by atoms with Crippen LogP contribution in [-0.4, -0.2) is 9.97 Å². The second-order valence-corrected chi connectivity index (χ2v) is 2.04. The Labute approximate surface area is 57.9 Å². The summed E-state index contributed by atoms with van der Waals surface area (Å²) in [6, 6.07) is 0. The van der Waals surface area contributed by atoms with Crippen LogP contribution in [0.5, 0.6) is 0 Å². The van der Waals surface area contributed by atoms with Crippen molar-refractivity contribution in [2.24, 2.45) is 5.73 Å². The highest BCUT2D eigenvalue weighted by Gasteiger charge is 1.98. The lowest BCUT2D eigenvalue weighted by Crippen LogP contribution is -2.02. The first kappa shape index (κ1) is 6.45. The molecule has 1 atom stereocenters. The molecule has 4 heteroatoms. The third kappa shape index (κ3) is 1.62. The number of alkyl halides is 1. The van der Waals surface area contributed by atoms with E-state index < -0.39 is 5.50 Å². The van der Waals surface area contributed by atoms with Gasteiger partial charge in [-0.2, -0.15) is 0 Å². The molecule has 1 unspecified atom stereocenters. The summed E-state index contributed by atoms with van der Waals surface area (Å²) in [7, 11) is 0. The van der Waals surface area contributed by atoms with Gasteiger partial charge < -0.3 is 5.73 Å². The van der Waals surface area contributed by atoms with Gasteiger partial charge in [-0.3, -0.25) is 0 Å². The largest absolute Gasteiger partial charge is 0.311 e. The first-order chi connectivity index (χ1) is 4.30. The molecule has 0 fully saturated rings. The predicted octanol–water partition coefficient (Wildman–Crippen LogP) is 0.673. The molecule has 0 saturated carbocycles. The molecule has 3 nitrogen and oxygen atoms in total. The topological polar surface area (TPSA) is 51.8 Å². The second-order valence-electron chi connectivity index (χ2n) is 1.57. The van der Waals surface area contributed by atoms with Crippen molar-refractivity contribution in [3.63, 3.8) is 0 Å². The Bertz CT molecular complexity index is 175. The first-order valence-corrected chi connectivity index (χ1v) is 2.89. The molecule has 0 aliphatic carbocycles. The Kier molecular flexibility index (Phi) is 1.97. The third-order valence-corrected chi connectivity index (χ3v) is 1.15. The summed E-state index contributed by atoms with van der Waals surface area (Å²) < 4.78 is 0. The van der Waals surface area contributed by atoms with E-state index in [2.05, 4.69) is 9.97 Å². The number of hydrogen-bond acceptors (Lipinski definition) is 3. The third-order valence-electron chi connectivity index (χ3n) is 0.899. The molecule has 48 valence electrons. The minimum Gasteiger partial charge on any atom is -0.311 e. The van der Waals surface area contributed by atoms with Gasteiger partial charge >= 0.3 is 0 Å². The Morgan fingerprint density at radius 3 is 2.33 bits per heavy atom. The summed E-state index contributed by atoms with van der Waals surface area (Å²) in [5, 5.41) is 0. The summed E-state index contributed by atoms with van der Waals surface area (Å²) in [6.07, 6.45) is 4.61. The molecule has 1 rings (SSSR count). The Balaban J connectivity index is 2.85. The van der Waals surface area contributed by atoms with Gasteiger partial charge in [-0.1, -0.05) is 0 Å². The van der Waals surface area contributed by atoms with Crippen molar-refractivity contribution < 1.29 is 0 Å². The van der Waals surface area contributed by atoms with E-state index in [4.69, 9.17) is 17.3 Å². The van der Waals surface area contributed by atoms with Crippen LogP contribution in [0.1, 0.15) is 11.1 Å². The number of nitrogens with zero attached hydrogens (tertiary/aromatic N) is 2. The van der Waals surface area contributed by atoms with Crippen LogP contribution in [0.2, 0.25) is 0 Å². The molecule has 0 aliphatic rings. The van der Waals surface area contributed by atoms with Crippen molar-refractivity contribution in [1.82, 2.24) is 9.97 Å². The van der Waals surface area contributed by atoms with Crippen molar-refractivity contribution >= 4 is 11.6 Å². The van der Waals surface area contributed by atoms with Crippen LogP contribution in [0, 0.1) is 0 Å². The van der Waals surface area contributed by atoms with E-state index in [1.165, 1.54) is 6.33 Å². The van der Waals surface area contributed by atoms with Crippen LogP contribution in [0.25, 0.3) is 0 Å². The van der Waals surface area contributed by atoms with Crippen molar-refractivity contribution in [3.8, 4) is 0 Å². The average Bonchev–Trinajstić information content (AvgIpc) is 1.90. The maximum Gasteiger partial charge on any atom is 0.115 e. The summed E-state index contributed by atoms with van der Waals surface area (Å²) in [6.45, 7) is 0. The molecule has 0 saturated heterocycles. The van der Waals surface area contributed by atoms with Crippen LogP contribution < -0.4 is 5.73 Å². The van der Waals surface area contributed by atoms with Gasteiger partial charge in [0, 0.05) is 18.0 Å². The molecule has 2 N–H and O–H groups in total. The van der Waals surface area contributed by atoms with E-state index in [9.17, 15) is 0 Å². The van der Waals surface area contributed by atoms with E-state index in [1.807, 2.05) is 0 Å². The zero-order valence-electron chi connectivity index (χ0n) is 4.66. The highest BCUT2D eigenvalue weighted by atomic mass is 35.5. The zero-order valence-corrected chi connectivity index (χ0v) is 5.42. The number of hydrogen-bond donors (Lipinski definition) is 1. The van der Waals surface area contributed by atoms with E-state index in [1.54, 1.807) is 12.4 Å². The molecule has 0 bridgehead atoms. The maximum absolute atomic E-state index is 5.50. The molecule has 0 aromatic carbocycles. The molecule has 0 aliphatic heterocycles. The summed E-state index contributed by atoms with van der Waals surface area (Å²) in [4.78, 5) is 7.46. The summed E-state index contributed by atoms with van der Waals surface area (Å²) >= 11 is 5.50. The minimum absolute atomic E-state index is 0.494. The van der Waals surface area contributed by atoms with Crippen molar-refractivity contribution in [1.29, 1.82) is 0 Å². The van der Waals surface area contributed by atoms with Gasteiger partial charge in [0.2, 0.25) is 0 Å². The van der Waals surface area contributed by atoms with E-state index in [-0.39, 0.29) is 0 Å². The SMILES string of the molecule is NC(Cl)c1cncnc1. The van der Waals surface area contributed by atoms with Crippen LogP contribution >= 0.6 is 11.6 Å². The van der Waals surface area contributed by atoms with Gasteiger partial charge in [-0.05, 0) is 0 Å².